The number of aromatic nitrogens is 3. The number of carbonyl (C=O) groups is 1. The topological polar surface area (TPSA) is 71.2 Å². The van der Waals surface area contributed by atoms with Gasteiger partial charge in [0.2, 0.25) is 0 Å². The Balaban J connectivity index is 1.92. The lowest BCUT2D eigenvalue weighted by Gasteiger charge is -2.33. The predicted molar refractivity (Wildman–Crippen MR) is 86.1 cm³/mol. The lowest BCUT2D eigenvalue weighted by Crippen LogP contribution is -2.47. The molecule has 1 aliphatic heterocycles. The Morgan fingerprint density at radius 3 is 2.57 bits per heavy atom. The van der Waals surface area contributed by atoms with Gasteiger partial charge in [-0.3, -0.25) is 9.69 Å². The molecule has 2 aromatic rings. The molecule has 1 aromatic carbocycles. The lowest BCUT2D eigenvalue weighted by atomic mass is 9.99. The van der Waals surface area contributed by atoms with E-state index in [9.17, 15) is 9.90 Å². The van der Waals surface area contributed by atoms with E-state index in [0.29, 0.717) is 19.6 Å². The number of carboxylic acids is 1. The van der Waals surface area contributed by atoms with Crippen LogP contribution in [0, 0.1) is 27.7 Å². The molecule has 0 bridgehead atoms. The normalized spacial score (nSPS) is 18.0. The van der Waals surface area contributed by atoms with Crippen LogP contribution in [0.4, 0.5) is 0 Å². The van der Waals surface area contributed by atoms with Crippen LogP contribution in [-0.4, -0.2) is 36.8 Å². The summed E-state index contributed by atoms with van der Waals surface area (Å²) < 4.78 is 1.91. The monoisotopic (exact) mass is 314 g/mol. The molecule has 122 valence electrons. The Hall–Kier alpha value is -2.21. The second kappa shape index (κ2) is 5.77. The highest BCUT2D eigenvalue weighted by Gasteiger charge is 2.33. The molecule has 1 atom stereocenters. The van der Waals surface area contributed by atoms with Crippen LogP contribution in [0.3, 0.4) is 0 Å². The Bertz CT molecular complexity index is 766. The van der Waals surface area contributed by atoms with E-state index in [1.807, 2.05) is 16.4 Å². The summed E-state index contributed by atoms with van der Waals surface area (Å²) in [4.78, 5) is 13.7. The number of hydrogen-bond acceptors (Lipinski definition) is 4. The number of carboxylic acid groups (broad SMARTS) is 1. The van der Waals surface area contributed by atoms with Crippen LogP contribution >= 0.6 is 0 Å². The van der Waals surface area contributed by atoms with Crippen molar-refractivity contribution in [1.82, 2.24) is 19.7 Å². The van der Waals surface area contributed by atoms with Gasteiger partial charge in [0.15, 0.2) is 0 Å². The minimum atomic E-state index is -0.801. The molecule has 0 spiro atoms. The molecule has 0 fully saturated rings. The highest BCUT2D eigenvalue weighted by molar-refractivity contribution is 5.73. The van der Waals surface area contributed by atoms with Gasteiger partial charge >= 0.3 is 5.97 Å². The molecule has 0 saturated heterocycles. The van der Waals surface area contributed by atoms with E-state index in [1.54, 1.807) is 0 Å². The average molecular weight is 314 g/mol. The smallest absolute Gasteiger partial charge is 0.322 e. The van der Waals surface area contributed by atoms with Crippen LogP contribution < -0.4 is 0 Å². The summed E-state index contributed by atoms with van der Waals surface area (Å²) >= 11 is 0. The van der Waals surface area contributed by atoms with Gasteiger partial charge in [-0.05, 0) is 49.9 Å². The molecule has 1 aliphatic rings. The first-order valence-electron chi connectivity index (χ1n) is 7.79. The number of rotatable bonds is 3. The first kappa shape index (κ1) is 15.7. The zero-order valence-electron chi connectivity index (χ0n) is 14.0. The molecule has 3 rings (SSSR count). The van der Waals surface area contributed by atoms with Crippen molar-refractivity contribution < 1.29 is 9.90 Å². The van der Waals surface area contributed by atoms with E-state index in [4.69, 9.17) is 0 Å². The van der Waals surface area contributed by atoms with Crippen molar-refractivity contribution in [2.45, 2.75) is 53.4 Å². The van der Waals surface area contributed by atoms with E-state index >= 15 is 0 Å². The zero-order chi connectivity index (χ0) is 16.7. The molecule has 6 nitrogen and oxygen atoms in total. The fourth-order valence-electron chi connectivity index (χ4n) is 3.17. The molecule has 6 heteroatoms. The van der Waals surface area contributed by atoms with Crippen LogP contribution in [-0.2, 0) is 24.4 Å². The van der Waals surface area contributed by atoms with Gasteiger partial charge in [-0.25, -0.2) is 0 Å². The minimum absolute atomic E-state index is 0.396. The molecular weight excluding hydrogens is 292 g/mol. The van der Waals surface area contributed by atoms with Crippen LogP contribution in [0.5, 0.6) is 0 Å². The number of nitrogens with zero attached hydrogens (tertiary/aromatic N) is 4. The lowest BCUT2D eigenvalue weighted by molar-refractivity contribution is -0.145. The summed E-state index contributed by atoms with van der Waals surface area (Å²) in [5.74, 6) is 0.806. The summed E-state index contributed by atoms with van der Waals surface area (Å²) in [6.07, 6.45) is 0. The van der Waals surface area contributed by atoms with Gasteiger partial charge in [0.25, 0.3) is 0 Å². The summed E-state index contributed by atoms with van der Waals surface area (Å²) in [5.41, 5.74) is 4.85. The molecular formula is C17H22N4O2. The fraction of sp³-hybridized carbons (Fsp3) is 0.471. The van der Waals surface area contributed by atoms with Gasteiger partial charge in [0.05, 0.1) is 13.1 Å². The second-order valence-electron chi connectivity index (χ2n) is 6.40. The average Bonchev–Trinajstić information content (AvgIpc) is 2.84. The van der Waals surface area contributed by atoms with Crippen LogP contribution in [0.25, 0.3) is 0 Å². The van der Waals surface area contributed by atoms with Gasteiger partial charge in [-0.2, -0.15) is 0 Å². The van der Waals surface area contributed by atoms with Gasteiger partial charge in [-0.15, -0.1) is 10.2 Å². The van der Waals surface area contributed by atoms with Crippen molar-refractivity contribution in [2.24, 2.45) is 0 Å². The summed E-state index contributed by atoms with van der Waals surface area (Å²) in [6, 6.07) is 3.77. The quantitative estimate of drug-likeness (QED) is 0.938. The second-order valence-corrected chi connectivity index (χ2v) is 6.40. The standard InChI is InChI=1S/C17H22N4O2/c1-10-5-12(3)14(6-11(10)2)7-20-9-16-19-18-13(4)21(16)8-15(20)17(22)23/h5-6,15H,7-9H2,1-4H3,(H,22,23). The fourth-order valence-corrected chi connectivity index (χ4v) is 3.17. The van der Waals surface area contributed by atoms with E-state index in [-0.39, 0.29) is 0 Å². The number of hydrogen-bond donors (Lipinski definition) is 1. The summed E-state index contributed by atoms with van der Waals surface area (Å²) in [7, 11) is 0. The third-order valence-electron chi connectivity index (χ3n) is 4.76. The van der Waals surface area contributed by atoms with Crippen molar-refractivity contribution in [3.8, 4) is 0 Å². The highest BCUT2D eigenvalue weighted by Crippen LogP contribution is 2.23. The third-order valence-corrected chi connectivity index (χ3v) is 4.76. The Labute approximate surface area is 135 Å². The van der Waals surface area contributed by atoms with Crippen LogP contribution in [0.15, 0.2) is 12.1 Å². The third kappa shape index (κ3) is 2.86. The minimum Gasteiger partial charge on any atom is -0.480 e. The highest BCUT2D eigenvalue weighted by atomic mass is 16.4. The van der Waals surface area contributed by atoms with Crippen molar-refractivity contribution in [3.05, 3.63) is 46.0 Å². The van der Waals surface area contributed by atoms with Crippen molar-refractivity contribution in [3.63, 3.8) is 0 Å². The van der Waals surface area contributed by atoms with E-state index < -0.39 is 12.0 Å². The van der Waals surface area contributed by atoms with E-state index in [2.05, 4.69) is 43.1 Å². The molecule has 0 amide bonds. The molecule has 0 radical (unpaired) electrons. The molecule has 0 aliphatic carbocycles. The molecule has 2 heterocycles. The summed E-state index contributed by atoms with van der Waals surface area (Å²) in [5, 5.41) is 17.9. The molecule has 1 unspecified atom stereocenters. The molecule has 1 N–H and O–H groups in total. The number of benzene rings is 1. The predicted octanol–water partition coefficient (Wildman–Crippen LogP) is 1.98. The van der Waals surface area contributed by atoms with Crippen LogP contribution in [0.1, 0.15) is 33.9 Å². The van der Waals surface area contributed by atoms with Gasteiger partial charge < -0.3 is 9.67 Å². The number of aryl methyl sites for hydroxylation is 4. The van der Waals surface area contributed by atoms with E-state index in [0.717, 1.165) is 11.6 Å². The number of fused-ring (bicyclic) bond motifs is 1. The molecule has 1 aromatic heterocycles. The van der Waals surface area contributed by atoms with Gasteiger partial charge in [-0.1, -0.05) is 12.1 Å². The maximum absolute atomic E-state index is 11.7. The first-order chi connectivity index (χ1) is 10.9. The maximum atomic E-state index is 11.7. The maximum Gasteiger partial charge on any atom is 0.322 e. The van der Waals surface area contributed by atoms with E-state index in [1.165, 1.54) is 22.3 Å². The van der Waals surface area contributed by atoms with Crippen molar-refractivity contribution >= 4 is 5.97 Å². The Kier molecular flexibility index (Phi) is 3.93. The molecule has 0 saturated carbocycles. The summed E-state index contributed by atoms with van der Waals surface area (Å²) in [6.45, 7) is 9.63. The Morgan fingerprint density at radius 2 is 1.87 bits per heavy atom. The van der Waals surface area contributed by atoms with Gasteiger partial charge in [0.1, 0.15) is 17.7 Å². The van der Waals surface area contributed by atoms with Crippen LogP contribution in [0.2, 0.25) is 0 Å². The number of aliphatic carboxylic acids is 1. The largest absolute Gasteiger partial charge is 0.480 e. The van der Waals surface area contributed by atoms with Gasteiger partial charge in [0, 0.05) is 6.54 Å². The van der Waals surface area contributed by atoms with Crippen molar-refractivity contribution in [1.29, 1.82) is 0 Å². The Morgan fingerprint density at radius 1 is 1.17 bits per heavy atom. The zero-order valence-corrected chi connectivity index (χ0v) is 14.0. The molecule has 23 heavy (non-hydrogen) atoms. The SMILES string of the molecule is Cc1cc(C)c(CN2Cc3nnc(C)n3CC2C(=O)O)cc1C. The first-order valence-corrected chi connectivity index (χ1v) is 7.79. The van der Waals surface area contributed by atoms with Crippen molar-refractivity contribution in [2.75, 3.05) is 0 Å².